The third-order valence-electron chi connectivity index (χ3n) is 4.13. The number of rotatable bonds is 17. The van der Waals surface area contributed by atoms with E-state index >= 15 is 0 Å². The molecule has 0 amide bonds. The number of carboxylic acid groups (broad SMARTS) is 1. The van der Waals surface area contributed by atoms with Gasteiger partial charge in [0.05, 0.1) is 0 Å². The van der Waals surface area contributed by atoms with E-state index in [0.717, 1.165) is 12.8 Å². The van der Waals surface area contributed by atoms with Crippen molar-refractivity contribution in [2.24, 2.45) is 0 Å². The Morgan fingerprint density at radius 2 is 1.00 bits per heavy atom. The first-order chi connectivity index (χ1) is 11.1. The summed E-state index contributed by atoms with van der Waals surface area (Å²) < 4.78 is 0. The largest absolute Gasteiger partial charge is 0.481 e. The summed E-state index contributed by atoms with van der Waals surface area (Å²) in [5.41, 5.74) is 0. The van der Waals surface area contributed by atoms with Crippen LogP contribution >= 0.6 is 0 Å². The van der Waals surface area contributed by atoms with Gasteiger partial charge in [-0.1, -0.05) is 84.0 Å². The highest BCUT2D eigenvalue weighted by Crippen LogP contribution is 2.13. The fraction of sp³-hybridized carbons (Fsp3) is 0.842. The number of carboxylic acids is 1. The molecule has 0 aromatic heterocycles. The lowest BCUT2D eigenvalue weighted by atomic mass is 10.0. The molecule has 0 radical (unpaired) electrons. The smallest absolute Gasteiger partial charge is 0.311 e. The third kappa shape index (κ3) is 15.5. The van der Waals surface area contributed by atoms with Gasteiger partial charge in [0.1, 0.15) is 6.42 Å². The monoisotopic (exact) mass is 326 g/mol. The van der Waals surface area contributed by atoms with Crippen molar-refractivity contribution in [3.63, 3.8) is 0 Å². The number of unbranched alkanes of at least 4 members (excludes halogenated alkanes) is 12. The molecule has 0 aliphatic rings. The van der Waals surface area contributed by atoms with E-state index in [9.17, 15) is 14.4 Å². The second-order valence-electron chi connectivity index (χ2n) is 6.41. The molecule has 23 heavy (non-hydrogen) atoms. The lowest BCUT2D eigenvalue weighted by Gasteiger charge is -2.03. The second-order valence-corrected chi connectivity index (χ2v) is 6.41. The van der Waals surface area contributed by atoms with Crippen LogP contribution in [-0.4, -0.2) is 22.6 Å². The maximum absolute atomic E-state index is 11.4. The number of carbonyl (C=O) groups is 3. The van der Waals surface area contributed by atoms with Gasteiger partial charge in [0, 0.05) is 6.42 Å². The molecule has 0 fully saturated rings. The summed E-state index contributed by atoms with van der Waals surface area (Å²) in [6.45, 7) is 2.24. The molecule has 0 heterocycles. The van der Waals surface area contributed by atoms with E-state index in [4.69, 9.17) is 5.11 Å². The Bertz CT molecular complexity index is 336. The molecule has 1 N–H and O–H groups in total. The van der Waals surface area contributed by atoms with Gasteiger partial charge in [-0.05, 0) is 6.42 Å². The highest BCUT2D eigenvalue weighted by atomic mass is 16.4. The van der Waals surface area contributed by atoms with Crippen LogP contribution in [0, 0.1) is 0 Å². The van der Waals surface area contributed by atoms with Gasteiger partial charge in [-0.15, -0.1) is 0 Å². The lowest BCUT2D eigenvalue weighted by Crippen LogP contribution is -2.17. The zero-order valence-corrected chi connectivity index (χ0v) is 14.8. The summed E-state index contributed by atoms with van der Waals surface area (Å²) in [6.07, 6.45) is 15.5. The van der Waals surface area contributed by atoms with Crippen molar-refractivity contribution in [3.8, 4) is 0 Å². The van der Waals surface area contributed by atoms with Crippen molar-refractivity contribution in [2.75, 3.05) is 0 Å². The summed E-state index contributed by atoms with van der Waals surface area (Å²) >= 11 is 0. The van der Waals surface area contributed by atoms with Gasteiger partial charge in [-0.3, -0.25) is 14.4 Å². The van der Waals surface area contributed by atoms with Crippen molar-refractivity contribution in [1.82, 2.24) is 0 Å². The molecule has 0 unspecified atom stereocenters. The number of carbonyl (C=O) groups excluding carboxylic acids is 2. The molecule has 0 aliphatic carbocycles. The first-order valence-electron chi connectivity index (χ1n) is 9.35. The van der Waals surface area contributed by atoms with Gasteiger partial charge >= 0.3 is 5.97 Å². The van der Waals surface area contributed by atoms with Crippen molar-refractivity contribution in [2.45, 2.75) is 103 Å². The number of ketones is 2. The molecule has 0 aliphatic heterocycles. The summed E-state index contributed by atoms with van der Waals surface area (Å²) in [5, 5.41) is 8.44. The lowest BCUT2D eigenvalue weighted by molar-refractivity contribution is -0.144. The van der Waals surface area contributed by atoms with E-state index in [1.807, 2.05) is 0 Å². The molecule has 0 aromatic rings. The van der Waals surface area contributed by atoms with Gasteiger partial charge in [0.25, 0.3) is 0 Å². The zero-order valence-electron chi connectivity index (χ0n) is 14.8. The molecule has 0 saturated heterocycles. The van der Waals surface area contributed by atoms with Crippen molar-refractivity contribution >= 4 is 17.5 Å². The van der Waals surface area contributed by atoms with E-state index in [0.29, 0.717) is 6.42 Å². The maximum Gasteiger partial charge on any atom is 0.311 e. The molecule has 0 atom stereocenters. The highest BCUT2D eigenvalue weighted by molar-refractivity contribution is 6.39. The predicted octanol–water partition coefficient (Wildman–Crippen LogP) is 5.08. The van der Waals surface area contributed by atoms with E-state index < -0.39 is 24.0 Å². The fourth-order valence-corrected chi connectivity index (χ4v) is 2.68. The number of aliphatic carboxylic acids is 1. The van der Waals surface area contributed by atoms with Gasteiger partial charge in [0.2, 0.25) is 5.78 Å². The SMILES string of the molecule is CCCCCCCCCCCCCCCC(=O)C(=O)CC(=O)O. The minimum absolute atomic E-state index is 0.198. The van der Waals surface area contributed by atoms with Gasteiger partial charge in [0.15, 0.2) is 5.78 Å². The Balaban J connectivity index is 3.26. The molecule has 4 heteroatoms. The first kappa shape index (κ1) is 21.8. The van der Waals surface area contributed by atoms with E-state index in [2.05, 4.69) is 6.92 Å². The molecule has 4 nitrogen and oxygen atoms in total. The van der Waals surface area contributed by atoms with E-state index in [1.165, 1.54) is 64.2 Å². The van der Waals surface area contributed by atoms with Crippen LogP contribution in [0.4, 0.5) is 0 Å². The Kier molecular flexibility index (Phi) is 14.9. The highest BCUT2D eigenvalue weighted by Gasteiger charge is 2.16. The average molecular weight is 326 g/mol. The first-order valence-corrected chi connectivity index (χ1v) is 9.35. The Hall–Kier alpha value is -1.19. The Labute approximate surface area is 141 Å². The van der Waals surface area contributed by atoms with Gasteiger partial charge in [-0.2, -0.15) is 0 Å². The standard InChI is InChI=1S/C19H34O4/c1-2-3-4-5-6-7-8-9-10-11-12-13-14-15-17(20)18(21)16-19(22)23/h2-16H2,1H3,(H,22,23). The molecule has 0 bridgehead atoms. The molecular formula is C19H34O4. The zero-order chi connectivity index (χ0) is 17.3. The van der Waals surface area contributed by atoms with Crippen LogP contribution in [0.1, 0.15) is 103 Å². The Morgan fingerprint density at radius 1 is 0.609 bits per heavy atom. The van der Waals surface area contributed by atoms with Crippen LogP contribution in [-0.2, 0) is 14.4 Å². The molecular weight excluding hydrogens is 292 g/mol. The minimum atomic E-state index is -1.23. The van der Waals surface area contributed by atoms with Crippen LogP contribution < -0.4 is 0 Å². The van der Waals surface area contributed by atoms with Crippen molar-refractivity contribution < 1.29 is 19.5 Å². The summed E-state index contributed by atoms with van der Waals surface area (Å²) in [7, 11) is 0. The normalized spacial score (nSPS) is 10.7. The maximum atomic E-state index is 11.4. The second kappa shape index (κ2) is 15.7. The van der Waals surface area contributed by atoms with Crippen LogP contribution in [0.3, 0.4) is 0 Å². The topological polar surface area (TPSA) is 71.4 Å². The molecule has 0 saturated carbocycles. The van der Waals surface area contributed by atoms with Crippen LogP contribution in [0.2, 0.25) is 0 Å². The van der Waals surface area contributed by atoms with Gasteiger partial charge < -0.3 is 5.11 Å². The Morgan fingerprint density at radius 3 is 1.39 bits per heavy atom. The van der Waals surface area contributed by atoms with Crippen LogP contribution in [0.15, 0.2) is 0 Å². The molecule has 0 aromatic carbocycles. The molecule has 0 rings (SSSR count). The third-order valence-corrected chi connectivity index (χ3v) is 4.13. The number of hydrogen-bond acceptors (Lipinski definition) is 3. The quantitative estimate of drug-likeness (QED) is 0.230. The molecule has 0 spiro atoms. The van der Waals surface area contributed by atoms with Crippen molar-refractivity contribution in [1.29, 1.82) is 0 Å². The molecule has 134 valence electrons. The summed E-state index contributed by atoms with van der Waals surface area (Å²) in [6, 6.07) is 0. The number of hydrogen-bond donors (Lipinski definition) is 1. The fourth-order valence-electron chi connectivity index (χ4n) is 2.68. The van der Waals surface area contributed by atoms with Crippen molar-refractivity contribution in [3.05, 3.63) is 0 Å². The van der Waals surface area contributed by atoms with Crippen LogP contribution in [0.5, 0.6) is 0 Å². The number of Topliss-reactive ketones (excluding diaryl/α,β-unsaturated/α-hetero) is 2. The van der Waals surface area contributed by atoms with E-state index in [1.54, 1.807) is 0 Å². The predicted molar refractivity (Wildman–Crippen MR) is 92.6 cm³/mol. The van der Waals surface area contributed by atoms with E-state index in [-0.39, 0.29) is 6.42 Å². The van der Waals surface area contributed by atoms with Crippen LogP contribution in [0.25, 0.3) is 0 Å². The summed E-state index contributed by atoms with van der Waals surface area (Å²) in [4.78, 5) is 32.9. The minimum Gasteiger partial charge on any atom is -0.481 e. The van der Waals surface area contributed by atoms with Gasteiger partial charge in [-0.25, -0.2) is 0 Å². The average Bonchev–Trinajstić information content (AvgIpc) is 2.51. The summed E-state index contributed by atoms with van der Waals surface area (Å²) in [5.74, 6) is -2.53.